The van der Waals surface area contributed by atoms with Gasteiger partial charge in [0.05, 0.1) is 5.92 Å². The topological polar surface area (TPSA) is 41.1 Å². The smallest absolute Gasteiger partial charge is 0.232 e. The van der Waals surface area contributed by atoms with Gasteiger partial charge in [-0.15, -0.1) is 0 Å². The molecule has 3 nitrogen and oxygen atoms in total. The minimum absolute atomic E-state index is 0.0756. The number of nitrogens with one attached hydrogen (secondary N) is 2. The van der Waals surface area contributed by atoms with E-state index in [1.165, 1.54) is 5.56 Å². The minimum atomic E-state index is -0.0756. The fraction of sp³-hybridized carbons (Fsp3) is 0.278. The fourth-order valence-corrected chi connectivity index (χ4v) is 2.79. The quantitative estimate of drug-likeness (QED) is 0.898. The van der Waals surface area contributed by atoms with Gasteiger partial charge in [-0.1, -0.05) is 37.3 Å². The third-order valence-electron chi connectivity index (χ3n) is 4.03. The summed E-state index contributed by atoms with van der Waals surface area (Å²) in [5.74, 6) is 0.00139. The summed E-state index contributed by atoms with van der Waals surface area (Å²) in [6, 6.07) is 16.1. The largest absolute Gasteiger partial charge is 0.385 e. The monoisotopic (exact) mass is 280 g/mol. The maximum Gasteiger partial charge on any atom is 0.232 e. The Morgan fingerprint density at radius 1 is 1.19 bits per heavy atom. The molecule has 2 N–H and O–H groups in total. The maximum absolute atomic E-state index is 12.5. The number of rotatable bonds is 3. The molecule has 0 radical (unpaired) electrons. The number of hydrogen-bond donors (Lipinski definition) is 2. The van der Waals surface area contributed by atoms with Gasteiger partial charge >= 0.3 is 0 Å². The fourth-order valence-electron chi connectivity index (χ4n) is 2.79. The molecule has 3 rings (SSSR count). The third-order valence-corrected chi connectivity index (χ3v) is 4.03. The molecule has 1 unspecified atom stereocenters. The molecule has 2 aromatic carbocycles. The van der Waals surface area contributed by atoms with Crippen LogP contribution < -0.4 is 10.6 Å². The van der Waals surface area contributed by atoms with Crippen LogP contribution in [-0.4, -0.2) is 12.5 Å². The van der Waals surface area contributed by atoms with Crippen LogP contribution in [0.5, 0.6) is 0 Å². The van der Waals surface area contributed by atoms with E-state index >= 15 is 0 Å². The van der Waals surface area contributed by atoms with E-state index in [1.807, 2.05) is 36.4 Å². The second kappa shape index (κ2) is 6.00. The van der Waals surface area contributed by atoms with Crippen molar-refractivity contribution in [1.82, 2.24) is 0 Å². The molecule has 108 valence electrons. The molecule has 1 aliphatic rings. The number of carbonyl (C=O) groups is 1. The van der Waals surface area contributed by atoms with Crippen LogP contribution in [0.15, 0.2) is 48.5 Å². The van der Waals surface area contributed by atoms with Gasteiger partial charge in [0.1, 0.15) is 0 Å². The summed E-state index contributed by atoms with van der Waals surface area (Å²) in [6.07, 6.45) is 1.84. The van der Waals surface area contributed by atoms with Gasteiger partial charge in [0.15, 0.2) is 0 Å². The van der Waals surface area contributed by atoms with Gasteiger partial charge in [-0.25, -0.2) is 0 Å². The molecule has 1 amide bonds. The van der Waals surface area contributed by atoms with Crippen molar-refractivity contribution in [3.63, 3.8) is 0 Å². The van der Waals surface area contributed by atoms with E-state index in [9.17, 15) is 4.79 Å². The zero-order valence-electron chi connectivity index (χ0n) is 12.2. The highest BCUT2D eigenvalue weighted by Crippen LogP contribution is 2.32. The van der Waals surface area contributed by atoms with Crippen LogP contribution in [0.4, 0.5) is 11.4 Å². The molecule has 1 atom stereocenters. The van der Waals surface area contributed by atoms with Gasteiger partial charge in [0, 0.05) is 17.9 Å². The van der Waals surface area contributed by atoms with Crippen molar-refractivity contribution in [3.8, 4) is 0 Å². The summed E-state index contributed by atoms with van der Waals surface area (Å²) < 4.78 is 0. The Morgan fingerprint density at radius 3 is 2.71 bits per heavy atom. The number of carbonyl (C=O) groups excluding carboxylic acids is 1. The lowest BCUT2D eigenvalue weighted by atomic mass is 9.90. The molecule has 2 aromatic rings. The van der Waals surface area contributed by atoms with E-state index in [-0.39, 0.29) is 11.8 Å². The molecule has 0 aliphatic carbocycles. The minimum Gasteiger partial charge on any atom is -0.385 e. The van der Waals surface area contributed by atoms with Gasteiger partial charge in [0.2, 0.25) is 5.91 Å². The first-order valence-corrected chi connectivity index (χ1v) is 7.50. The van der Waals surface area contributed by atoms with Crippen LogP contribution in [0.3, 0.4) is 0 Å². The van der Waals surface area contributed by atoms with Gasteiger partial charge in [0.25, 0.3) is 0 Å². The van der Waals surface area contributed by atoms with Gasteiger partial charge in [-0.3, -0.25) is 4.79 Å². The number of anilines is 2. The summed E-state index contributed by atoms with van der Waals surface area (Å²) in [6.45, 7) is 2.96. The zero-order chi connectivity index (χ0) is 14.7. The van der Waals surface area contributed by atoms with Crippen LogP contribution in [0.1, 0.15) is 30.4 Å². The third kappa shape index (κ3) is 2.92. The van der Waals surface area contributed by atoms with Crippen molar-refractivity contribution < 1.29 is 4.79 Å². The molecule has 0 bridgehead atoms. The van der Waals surface area contributed by atoms with E-state index in [4.69, 9.17) is 0 Å². The predicted octanol–water partition coefficient (Wildman–Crippen LogP) is 3.79. The summed E-state index contributed by atoms with van der Waals surface area (Å²) in [5, 5.41) is 6.38. The Hall–Kier alpha value is -2.29. The van der Waals surface area contributed by atoms with Crippen LogP contribution in [0.25, 0.3) is 0 Å². The second-order valence-electron chi connectivity index (χ2n) is 5.40. The molecule has 3 heteroatoms. The molecule has 21 heavy (non-hydrogen) atoms. The molecule has 0 saturated heterocycles. The number of hydrogen-bond acceptors (Lipinski definition) is 2. The van der Waals surface area contributed by atoms with E-state index in [2.05, 4.69) is 29.7 Å². The Labute approximate surface area is 125 Å². The van der Waals surface area contributed by atoms with Gasteiger partial charge < -0.3 is 10.6 Å². The molecule has 0 fully saturated rings. The van der Waals surface area contributed by atoms with E-state index in [0.717, 1.165) is 36.3 Å². The highest BCUT2D eigenvalue weighted by molar-refractivity contribution is 5.97. The first-order chi connectivity index (χ1) is 10.3. The SMILES string of the molecule is CCc1ccc(NC(=O)C2CCNc3ccccc32)cc1. The van der Waals surface area contributed by atoms with Crippen molar-refractivity contribution in [2.45, 2.75) is 25.7 Å². The van der Waals surface area contributed by atoms with Crippen LogP contribution in [0.2, 0.25) is 0 Å². The van der Waals surface area contributed by atoms with E-state index in [0.29, 0.717) is 0 Å². The van der Waals surface area contributed by atoms with Gasteiger partial charge in [-0.2, -0.15) is 0 Å². The summed E-state index contributed by atoms with van der Waals surface area (Å²) in [7, 11) is 0. The standard InChI is InChI=1S/C18H20N2O/c1-2-13-7-9-14(10-8-13)20-18(21)16-11-12-19-17-6-4-3-5-15(16)17/h3-10,16,19H,2,11-12H2,1H3,(H,20,21). The summed E-state index contributed by atoms with van der Waals surface area (Å²) in [4.78, 5) is 12.5. The van der Waals surface area contributed by atoms with Crippen molar-refractivity contribution in [2.75, 3.05) is 17.2 Å². The number of amides is 1. The maximum atomic E-state index is 12.5. The molecule has 1 aliphatic heterocycles. The highest BCUT2D eigenvalue weighted by Gasteiger charge is 2.26. The second-order valence-corrected chi connectivity index (χ2v) is 5.40. The Morgan fingerprint density at radius 2 is 1.95 bits per heavy atom. The Balaban J connectivity index is 1.76. The lowest BCUT2D eigenvalue weighted by molar-refractivity contribution is -0.117. The first-order valence-electron chi connectivity index (χ1n) is 7.50. The number of fused-ring (bicyclic) bond motifs is 1. The molecule has 1 heterocycles. The van der Waals surface area contributed by atoms with Crippen molar-refractivity contribution in [1.29, 1.82) is 0 Å². The Kier molecular flexibility index (Phi) is 3.91. The molecule has 0 aromatic heterocycles. The van der Waals surface area contributed by atoms with E-state index in [1.54, 1.807) is 0 Å². The van der Waals surface area contributed by atoms with Gasteiger partial charge in [-0.05, 0) is 42.2 Å². The Bertz CT molecular complexity index is 634. The molecule has 0 spiro atoms. The van der Waals surface area contributed by atoms with Crippen molar-refractivity contribution in [2.24, 2.45) is 0 Å². The summed E-state index contributed by atoms with van der Waals surface area (Å²) in [5.41, 5.74) is 4.31. The lowest BCUT2D eigenvalue weighted by Crippen LogP contribution is -2.27. The molecule has 0 saturated carbocycles. The number of aryl methyl sites for hydroxylation is 1. The van der Waals surface area contributed by atoms with Crippen molar-refractivity contribution in [3.05, 3.63) is 59.7 Å². The highest BCUT2D eigenvalue weighted by atomic mass is 16.1. The van der Waals surface area contributed by atoms with Crippen LogP contribution >= 0.6 is 0 Å². The summed E-state index contributed by atoms with van der Waals surface area (Å²) >= 11 is 0. The van der Waals surface area contributed by atoms with E-state index < -0.39 is 0 Å². The first kappa shape index (κ1) is 13.7. The number of benzene rings is 2. The van der Waals surface area contributed by atoms with Crippen LogP contribution in [-0.2, 0) is 11.2 Å². The average molecular weight is 280 g/mol. The normalized spacial score (nSPS) is 16.7. The molecular formula is C18H20N2O. The molecular weight excluding hydrogens is 260 g/mol. The predicted molar refractivity (Wildman–Crippen MR) is 86.7 cm³/mol. The van der Waals surface area contributed by atoms with Crippen LogP contribution in [0, 0.1) is 0 Å². The zero-order valence-corrected chi connectivity index (χ0v) is 12.2. The number of para-hydroxylation sites is 1. The van der Waals surface area contributed by atoms with Crippen molar-refractivity contribution >= 4 is 17.3 Å². The lowest BCUT2D eigenvalue weighted by Gasteiger charge is -2.25. The average Bonchev–Trinajstić information content (AvgIpc) is 2.55.